The van der Waals surface area contributed by atoms with Crippen LogP contribution in [0.15, 0.2) is 30.3 Å². The van der Waals surface area contributed by atoms with Gasteiger partial charge in [0.1, 0.15) is 17.8 Å². The summed E-state index contributed by atoms with van der Waals surface area (Å²) < 4.78 is 23.3. The Morgan fingerprint density at radius 3 is 2.79 bits per heavy atom. The summed E-state index contributed by atoms with van der Waals surface area (Å²) in [6.45, 7) is 1.96. The molecule has 0 radical (unpaired) electrons. The molecular formula is C18H20O6. The number of esters is 1. The predicted molar refractivity (Wildman–Crippen MR) is 80.9 cm³/mol. The van der Waals surface area contributed by atoms with E-state index in [0.29, 0.717) is 18.4 Å². The van der Waals surface area contributed by atoms with E-state index in [1.54, 1.807) is 31.4 Å². The molecule has 0 spiro atoms. The number of methoxy groups -OCH3 is 1. The molecule has 6 bridgehead atoms. The molecule has 6 nitrogen and oxygen atoms in total. The van der Waals surface area contributed by atoms with E-state index in [-0.39, 0.29) is 12.5 Å². The Balaban J connectivity index is 1.45. The number of rotatable bonds is 4. The second-order valence-corrected chi connectivity index (χ2v) is 7.59. The summed E-state index contributed by atoms with van der Waals surface area (Å²) in [6.07, 6.45) is 0.419. The van der Waals surface area contributed by atoms with Crippen LogP contribution in [0.2, 0.25) is 0 Å². The number of carbonyl (C=O) groups is 1. The lowest BCUT2D eigenvalue weighted by atomic mass is 9.41. The average molecular weight is 332 g/mol. The van der Waals surface area contributed by atoms with Crippen LogP contribution in [0.5, 0.6) is 0 Å². The van der Waals surface area contributed by atoms with Crippen LogP contribution < -0.4 is 0 Å². The van der Waals surface area contributed by atoms with Crippen molar-refractivity contribution in [2.75, 3.05) is 13.7 Å². The number of aliphatic hydroxyl groups is 1. The molecule has 6 heteroatoms. The van der Waals surface area contributed by atoms with Gasteiger partial charge in [0, 0.05) is 19.4 Å². The molecule has 3 aliphatic heterocycles. The second-order valence-electron chi connectivity index (χ2n) is 7.59. The van der Waals surface area contributed by atoms with Crippen molar-refractivity contribution in [3.05, 3.63) is 35.9 Å². The molecule has 6 atom stereocenters. The molecule has 7 rings (SSSR count). The molecule has 0 aromatic heterocycles. The first-order chi connectivity index (χ1) is 11.4. The van der Waals surface area contributed by atoms with Gasteiger partial charge in [0.15, 0.2) is 12.1 Å². The van der Waals surface area contributed by atoms with Crippen molar-refractivity contribution in [1.29, 1.82) is 0 Å². The van der Waals surface area contributed by atoms with Crippen LogP contribution in [0.3, 0.4) is 0 Å². The molecule has 24 heavy (non-hydrogen) atoms. The highest BCUT2D eigenvalue weighted by molar-refractivity contribution is 5.89. The normalized spacial score (nSPS) is 50.0. The van der Waals surface area contributed by atoms with Crippen LogP contribution in [-0.4, -0.2) is 48.1 Å². The van der Waals surface area contributed by atoms with E-state index in [9.17, 15) is 9.90 Å². The van der Waals surface area contributed by atoms with E-state index in [0.717, 1.165) is 0 Å². The van der Waals surface area contributed by atoms with E-state index < -0.39 is 34.7 Å². The standard InChI is InChI=1S/C18H20O6/c1-15-9-17(21-2)12-8-18(15,20)16(12,14(23-15)24-17)10-22-13(19)11-6-4-3-5-7-11/h3-7,12,14,20H,8-10H2,1-2H3. The summed E-state index contributed by atoms with van der Waals surface area (Å²) in [5.41, 5.74) is -2.05. The first kappa shape index (κ1) is 14.8. The van der Waals surface area contributed by atoms with Crippen molar-refractivity contribution < 1.29 is 28.8 Å². The Kier molecular flexibility index (Phi) is 2.59. The third kappa shape index (κ3) is 1.34. The minimum Gasteiger partial charge on any atom is -0.461 e. The van der Waals surface area contributed by atoms with Crippen molar-refractivity contribution in [2.45, 2.75) is 43.0 Å². The maximum atomic E-state index is 12.3. The van der Waals surface area contributed by atoms with Gasteiger partial charge in [-0.1, -0.05) is 18.2 Å². The number of benzene rings is 1. The summed E-state index contributed by atoms with van der Waals surface area (Å²) in [4.78, 5) is 12.3. The minimum atomic E-state index is -1.05. The topological polar surface area (TPSA) is 74.2 Å². The van der Waals surface area contributed by atoms with E-state index in [4.69, 9.17) is 18.9 Å². The Hall–Kier alpha value is -1.47. The molecule has 0 amide bonds. The van der Waals surface area contributed by atoms with Crippen LogP contribution in [-0.2, 0) is 18.9 Å². The molecule has 3 saturated carbocycles. The number of hydrogen-bond donors (Lipinski definition) is 1. The first-order valence-corrected chi connectivity index (χ1v) is 8.26. The van der Waals surface area contributed by atoms with Crippen LogP contribution in [0, 0.1) is 11.3 Å². The van der Waals surface area contributed by atoms with Gasteiger partial charge < -0.3 is 24.1 Å². The van der Waals surface area contributed by atoms with Gasteiger partial charge in [0.05, 0.1) is 11.0 Å². The van der Waals surface area contributed by atoms with Crippen molar-refractivity contribution in [3.8, 4) is 0 Å². The quantitative estimate of drug-likeness (QED) is 0.842. The van der Waals surface area contributed by atoms with Gasteiger partial charge in [-0.3, -0.25) is 0 Å². The molecular weight excluding hydrogens is 312 g/mol. The molecule has 6 fully saturated rings. The third-order valence-corrected chi connectivity index (χ3v) is 6.77. The molecule has 3 heterocycles. The molecule has 3 aliphatic carbocycles. The minimum absolute atomic E-state index is 0.0378. The zero-order valence-electron chi connectivity index (χ0n) is 13.7. The van der Waals surface area contributed by atoms with Gasteiger partial charge >= 0.3 is 5.97 Å². The van der Waals surface area contributed by atoms with E-state index in [2.05, 4.69) is 0 Å². The maximum absolute atomic E-state index is 12.3. The lowest BCUT2D eigenvalue weighted by Gasteiger charge is -2.65. The highest BCUT2D eigenvalue weighted by Gasteiger charge is 2.93. The SMILES string of the molecule is COC12CC3(C)OC(O1)C1(COC(=O)c4ccccc4)C2CC31O. The Labute approximate surface area is 139 Å². The fraction of sp³-hybridized carbons (Fsp3) is 0.611. The average Bonchev–Trinajstić information content (AvgIpc) is 2.79. The Bertz CT molecular complexity index is 721. The predicted octanol–water partition coefficient (Wildman–Crippen LogP) is 1.47. The molecule has 1 aromatic carbocycles. The van der Waals surface area contributed by atoms with Crippen LogP contribution in [0.25, 0.3) is 0 Å². The third-order valence-electron chi connectivity index (χ3n) is 6.77. The summed E-state index contributed by atoms with van der Waals surface area (Å²) in [5.74, 6) is -1.19. The maximum Gasteiger partial charge on any atom is 0.338 e. The van der Waals surface area contributed by atoms with Gasteiger partial charge in [0.25, 0.3) is 0 Å². The summed E-state index contributed by atoms with van der Waals surface area (Å²) in [5, 5.41) is 11.3. The molecule has 1 aromatic rings. The fourth-order valence-electron chi connectivity index (χ4n) is 5.49. The van der Waals surface area contributed by atoms with Gasteiger partial charge in [-0.15, -0.1) is 0 Å². The number of carbonyl (C=O) groups excluding carboxylic acids is 1. The monoisotopic (exact) mass is 332 g/mol. The molecule has 6 aliphatic rings. The number of ether oxygens (including phenoxy) is 4. The summed E-state index contributed by atoms with van der Waals surface area (Å²) in [6, 6.07) is 8.83. The van der Waals surface area contributed by atoms with Gasteiger partial charge in [-0.25, -0.2) is 4.79 Å². The Morgan fingerprint density at radius 1 is 1.33 bits per heavy atom. The van der Waals surface area contributed by atoms with Crippen molar-refractivity contribution in [1.82, 2.24) is 0 Å². The largest absolute Gasteiger partial charge is 0.461 e. The lowest BCUT2D eigenvalue weighted by molar-refractivity contribution is -0.390. The van der Waals surface area contributed by atoms with Gasteiger partial charge in [0.2, 0.25) is 0 Å². The summed E-state index contributed by atoms with van der Waals surface area (Å²) in [7, 11) is 1.62. The summed E-state index contributed by atoms with van der Waals surface area (Å²) >= 11 is 0. The number of hydrogen-bond acceptors (Lipinski definition) is 6. The lowest BCUT2D eigenvalue weighted by Crippen LogP contribution is -2.78. The highest BCUT2D eigenvalue weighted by atomic mass is 16.8. The Morgan fingerprint density at radius 2 is 2.08 bits per heavy atom. The van der Waals surface area contributed by atoms with Crippen LogP contribution in [0.1, 0.15) is 30.1 Å². The molecule has 128 valence electrons. The first-order valence-electron chi connectivity index (χ1n) is 8.26. The van der Waals surface area contributed by atoms with E-state index >= 15 is 0 Å². The fourth-order valence-corrected chi connectivity index (χ4v) is 5.49. The highest BCUT2D eigenvalue weighted by Crippen LogP contribution is 2.80. The van der Waals surface area contributed by atoms with Crippen molar-refractivity contribution in [3.63, 3.8) is 0 Å². The molecule has 1 N–H and O–H groups in total. The van der Waals surface area contributed by atoms with Crippen molar-refractivity contribution >= 4 is 5.97 Å². The van der Waals surface area contributed by atoms with Crippen molar-refractivity contribution in [2.24, 2.45) is 11.3 Å². The molecule has 6 unspecified atom stereocenters. The zero-order chi connectivity index (χ0) is 16.8. The van der Waals surface area contributed by atoms with Gasteiger partial charge in [-0.2, -0.15) is 0 Å². The van der Waals surface area contributed by atoms with Gasteiger partial charge in [-0.05, 0) is 25.5 Å². The van der Waals surface area contributed by atoms with E-state index in [1.165, 1.54) is 0 Å². The second kappa shape index (κ2) is 4.19. The van der Waals surface area contributed by atoms with Crippen LogP contribution in [0.4, 0.5) is 0 Å². The smallest absolute Gasteiger partial charge is 0.338 e. The molecule has 3 saturated heterocycles. The van der Waals surface area contributed by atoms with Crippen LogP contribution >= 0.6 is 0 Å². The zero-order valence-corrected chi connectivity index (χ0v) is 13.7. The van der Waals surface area contributed by atoms with E-state index in [1.807, 2.05) is 13.0 Å².